The Morgan fingerprint density at radius 2 is 2.12 bits per heavy atom. The van der Waals surface area contributed by atoms with E-state index < -0.39 is 6.04 Å². The van der Waals surface area contributed by atoms with Gasteiger partial charge >= 0.3 is 0 Å². The molecule has 0 aromatic heterocycles. The summed E-state index contributed by atoms with van der Waals surface area (Å²) in [6.45, 7) is 2.58. The van der Waals surface area contributed by atoms with Crippen molar-refractivity contribution >= 4 is 5.91 Å². The van der Waals surface area contributed by atoms with Gasteiger partial charge in [-0.15, -0.1) is 0 Å². The van der Waals surface area contributed by atoms with Gasteiger partial charge in [-0.25, -0.2) is 0 Å². The Hall–Kier alpha value is -1.61. The van der Waals surface area contributed by atoms with E-state index in [9.17, 15) is 4.79 Å². The molecular weight excluding hydrogens is 200 g/mol. The smallest absolute Gasteiger partial charge is 0.241 e. The highest BCUT2D eigenvalue weighted by Crippen LogP contribution is 2.08. The Morgan fingerprint density at radius 1 is 1.44 bits per heavy atom. The number of nitrogens with one attached hydrogen (secondary N) is 1. The molecule has 0 saturated heterocycles. The van der Waals surface area contributed by atoms with Gasteiger partial charge in [0.25, 0.3) is 0 Å². The molecule has 3 N–H and O–H groups in total. The third kappa shape index (κ3) is 3.87. The molecule has 1 aromatic rings. The van der Waals surface area contributed by atoms with Crippen LogP contribution in [0, 0.1) is 0 Å². The summed E-state index contributed by atoms with van der Waals surface area (Å²) in [7, 11) is 0. The summed E-state index contributed by atoms with van der Waals surface area (Å²) in [5.74, 6) is -0.129. The van der Waals surface area contributed by atoms with Crippen LogP contribution < -0.4 is 11.1 Å². The molecule has 0 aliphatic carbocycles. The maximum absolute atomic E-state index is 11.6. The van der Waals surface area contributed by atoms with Crippen molar-refractivity contribution in [3.05, 3.63) is 48.0 Å². The molecule has 86 valence electrons. The Balaban J connectivity index is 2.42. The topological polar surface area (TPSA) is 55.1 Å². The quantitative estimate of drug-likeness (QED) is 0.584. The maximum atomic E-state index is 11.6. The summed E-state index contributed by atoms with van der Waals surface area (Å²) in [5.41, 5.74) is 6.66. The monoisotopic (exact) mass is 218 g/mol. The van der Waals surface area contributed by atoms with Crippen LogP contribution in [0.4, 0.5) is 0 Å². The van der Waals surface area contributed by atoms with Crippen LogP contribution in [0.1, 0.15) is 24.9 Å². The van der Waals surface area contributed by atoms with Crippen molar-refractivity contribution in [2.24, 2.45) is 5.73 Å². The van der Waals surface area contributed by atoms with Crippen molar-refractivity contribution in [2.75, 3.05) is 6.54 Å². The number of hydrogen-bond acceptors (Lipinski definition) is 2. The van der Waals surface area contributed by atoms with Gasteiger partial charge in [-0.3, -0.25) is 4.79 Å². The lowest BCUT2D eigenvalue weighted by Crippen LogP contribution is -2.34. The first-order valence-corrected chi connectivity index (χ1v) is 5.45. The average Bonchev–Trinajstić information content (AvgIpc) is 2.34. The van der Waals surface area contributed by atoms with Crippen LogP contribution in [-0.4, -0.2) is 12.5 Å². The van der Waals surface area contributed by atoms with E-state index in [1.165, 1.54) is 0 Å². The number of benzene rings is 1. The minimum atomic E-state index is -0.577. The van der Waals surface area contributed by atoms with Crippen LogP contribution in [0.3, 0.4) is 0 Å². The molecule has 16 heavy (non-hydrogen) atoms. The number of allylic oxidation sites excluding steroid dienone is 1. The van der Waals surface area contributed by atoms with Crippen LogP contribution in [0.2, 0.25) is 0 Å². The van der Waals surface area contributed by atoms with Gasteiger partial charge < -0.3 is 11.1 Å². The van der Waals surface area contributed by atoms with Crippen molar-refractivity contribution in [2.45, 2.75) is 19.4 Å². The average molecular weight is 218 g/mol. The highest BCUT2D eigenvalue weighted by molar-refractivity contribution is 5.82. The summed E-state index contributed by atoms with van der Waals surface area (Å²) in [4.78, 5) is 11.6. The minimum Gasteiger partial charge on any atom is -0.354 e. The van der Waals surface area contributed by atoms with E-state index >= 15 is 0 Å². The maximum Gasteiger partial charge on any atom is 0.241 e. The molecule has 0 aliphatic rings. The summed E-state index contributed by atoms with van der Waals surface area (Å²) in [6, 6.07) is 8.80. The van der Waals surface area contributed by atoms with Crippen molar-refractivity contribution in [3.63, 3.8) is 0 Å². The highest BCUT2D eigenvalue weighted by atomic mass is 16.2. The van der Waals surface area contributed by atoms with Crippen LogP contribution in [-0.2, 0) is 4.79 Å². The minimum absolute atomic E-state index is 0.129. The van der Waals surface area contributed by atoms with Crippen molar-refractivity contribution < 1.29 is 4.79 Å². The molecule has 0 heterocycles. The van der Waals surface area contributed by atoms with E-state index in [0.717, 1.165) is 12.0 Å². The summed E-state index contributed by atoms with van der Waals surface area (Å²) in [6.07, 6.45) is 4.81. The number of amides is 1. The number of carbonyl (C=O) groups excluding carboxylic acids is 1. The molecule has 0 aliphatic heterocycles. The Bertz CT molecular complexity index is 346. The number of carbonyl (C=O) groups is 1. The van der Waals surface area contributed by atoms with Gasteiger partial charge in [-0.1, -0.05) is 42.5 Å². The lowest BCUT2D eigenvalue weighted by molar-refractivity contribution is -0.122. The molecule has 3 heteroatoms. The molecule has 0 saturated carbocycles. The molecule has 0 unspecified atom stereocenters. The van der Waals surface area contributed by atoms with E-state index in [4.69, 9.17) is 5.73 Å². The second-order valence-electron chi connectivity index (χ2n) is 3.54. The van der Waals surface area contributed by atoms with Gasteiger partial charge in [0.1, 0.15) is 6.04 Å². The number of nitrogens with two attached hydrogens (primary N) is 1. The zero-order chi connectivity index (χ0) is 11.8. The zero-order valence-electron chi connectivity index (χ0n) is 9.52. The molecule has 3 nitrogen and oxygen atoms in total. The summed E-state index contributed by atoms with van der Waals surface area (Å²) >= 11 is 0. The van der Waals surface area contributed by atoms with Crippen LogP contribution in [0.15, 0.2) is 42.5 Å². The zero-order valence-corrected chi connectivity index (χ0v) is 9.52. The molecule has 0 bridgehead atoms. The van der Waals surface area contributed by atoms with Crippen molar-refractivity contribution in [1.29, 1.82) is 0 Å². The molecule has 1 aromatic carbocycles. The van der Waals surface area contributed by atoms with E-state index in [1.807, 2.05) is 49.4 Å². The van der Waals surface area contributed by atoms with Gasteiger partial charge in [0.2, 0.25) is 5.91 Å². The first kappa shape index (κ1) is 12.5. The summed E-state index contributed by atoms with van der Waals surface area (Å²) < 4.78 is 0. The van der Waals surface area contributed by atoms with Gasteiger partial charge in [0, 0.05) is 6.54 Å². The van der Waals surface area contributed by atoms with Gasteiger partial charge in [0.15, 0.2) is 0 Å². The molecular formula is C13H18N2O. The number of rotatable bonds is 5. The van der Waals surface area contributed by atoms with Crippen molar-refractivity contribution in [3.8, 4) is 0 Å². The second-order valence-corrected chi connectivity index (χ2v) is 3.54. The second kappa shape index (κ2) is 6.80. The Morgan fingerprint density at radius 3 is 2.75 bits per heavy atom. The predicted molar refractivity (Wildman–Crippen MR) is 65.8 cm³/mol. The van der Waals surface area contributed by atoms with Crippen LogP contribution in [0.25, 0.3) is 0 Å². The molecule has 0 fully saturated rings. The molecule has 0 radical (unpaired) electrons. The van der Waals surface area contributed by atoms with E-state index in [-0.39, 0.29) is 5.91 Å². The summed E-state index contributed by atoms with van der Waals surface area (Å²) in [5, 5.41) is 2.80. The highest BCUT2D eigenvalue weighted by Gasteiger charge is 2.13. The fourth-order valence-electron chi connectivity index (χ4n) is 1.37. The Labute approximate surface area is 96.3 Å². The standard InChI is InChI=1S/C13H18N2O/c1-2-3-7-10-15-13(16)12(14)11-8-5-4-6-9-11/h2-6,8-9,12H,7,10,14H2,1H3,(H,15,16)/b3-2+/t12-/m1/s1. The van der Waals surface area contributed by atoms with Crippen LogP contribution >= 0.6 is 0 Å². The van der Waals surface area contributed by atoms with E-state index in [2.05, 4.69) is 5.32 Å². The first-order chi connectivity index (χ1) is 7.75. The number of hydrogen-bond donors (Lipinski definition) is 2. The van der Waals surface area contributed by atoms with Crippen molar-refractivity contribution in [1.82, 2.24) is 5.32 Å². The third-order valence-corrected chi connectivity index (χ3v) is 2.29. The van der Waals surface area contributed by atoms with E-state index in [0.29, 0.717) is 6.54 Å². The molecule has 0 spiro atoms. The third-order valence-electron chi connectivity index (χ3n) is 2.29. The lowest BCUT2D eigenvalue weighted by atomic mass is 10.1. The molecule has 1 rings (SSSR count). The normalized spacial score (nSPS) is 12.6. The predicted octanol–water partition coefficient (Wildman–Crippen LogP) is 1.77. The SMILES string of the molecule is C/C=C/CCNC(=O)[C@H](N)c1ccccc1. The Kier molecular flexibility index (Phi) is 5.29. The van der Waals surface area contributed by atoms with Gasteiger partial charge in [-0.05, 0) is 18.9 Å². The fourth-order valence-corrected chi connectivity index (χ4v) is 1.37. The lowest BCUT2D eigenvalue weighted by Gasteiger charge is -2.11. The van der Waals surface area contributed by atoms with E-state index in [1.54, 1.807) is 0 Å². The molecule has 1 amide bonds. The van der Waals surface area contributed by atoms with Gasteiger partial charge in [0.05, 0.1) is 0 Å². The first-order valence-electron chi connectivity index (χ1n) is 5.45. The largest absolute Gasteiger partial charge is 0.354 e. The fraction of sp³-hybridized carbons (Fsp3) is 0.308. The molecule has 1 atom stereocenters. The van der Waals surface area contributed by atoms with Gasteiger partial charge in [-0.2, -0.15) is 0 Å². The van der Waals surface area contributed by atoms with Crippen LogP contribution in [0.5, 0.6) is 0 Å².